The van der Waals surface area contributed by atoms with Gasteiger partial charge >= 0.3 is 11.9 Å². The van der Waals surface area contributed by atoms with Gasteiger partial charge in [-0.3, -0.25) is 33.8 Å². The summed E-state index contributed by atoms with van der Waals surface area (Å²) in [6.07, 6.45) is 1.09. The van der Waals surface area contributed by atoms with Crippen molar-refractivity contribution in [2.24, 2.45) is 16.5 Å². The second kappa shape index (κ2) is 19.7. The highest BCUT2D eigenvalue weighted by Gasteiger charge is 2.45. The predicted octanol–water partition coefficient (Wildman–Crippen LogP) is -4.46. The largest absolute Gasteiger partial charge is 0.481 e. The van der Waals surface area contributed by atoms with Crippen molar-refractivity contribution in [1.29, 1.82) is 0 Å². The number of hydrogen-bond acceptors (Lipinski definition) is 10. The zero-order valence-corrected chi connectivity index (χ0v) is 25.4. The van der Waals surface area contributed by atoms with Crippen molar-refractivity contribution in [3.63, 3.8) is 0 Å². The second-order valence-corrected chi connectivity index (χ2v) is 10.5. The molecule has 0 spiro atoms. The number of carbonyl (C=O) groups is 7. The summed E-state index contributed by atoms with van der Waals surface area (Å²) in [5.74, 6) is -7.00. The van der Waals surface area contributed by atoms with Gasteiger partial charge < -0.3 is 58.3 Å². The molecule has 19 heteroatoms. The van der Waals surface area contributed by atoms with Crippen molar-refractivity contribution in [3.8, 4) is 0 Å². The molecule has 45 heavy (non-hydrogen) atoms. The van der Waals surface area contributed by atoms with Crippen LogP contribution in [0.3, 0.4) is 0 Å². The average molecular weight is 644 g/mol. The lowest BCUT2D eigenvalue weighted by atomic mass is 10.1. The highest BCUT2D eigenvalue weighted by molar-refractivity contribution is 5.97. The number of rotatable bonds is 21. The number of aliphatic hydroxyl groups excluding tert-OH is 1. The van der Waals surface area contributed by atoms with Gasteiger partial charge in [-0.1, -0.05) is 13.3 Å². The summed E-state index contributed by atoms with van der Waals surface area (Å²) in [5.41, 5.74) is 10.5. The van der Waals surface area contributed by atoms with Crippen LogP contribution in [0.1, 0.15) is 52.4 Å². The average Bonchev–Trinajstić information content (AvgIpc) is 3.23. The van der Waals surface area contributed by atoms with E-state index in [1.165, 1.54) is 0 Å². The van der Waals surface area contributed by atoms with E-state index in [0.29, 0.717) is 6.54 Å². The molecular weight excluding hydrogens is 598 g/mol. The Labute approximate surface area is 259 Å². The first-order valence-electron chi connectivity index (χ1n) is 14.5. The van der Waals surface area contributed by atoms with Crippen LogP contribution in [0.2, 0.25) is 0 Å². The van der Waals surface area contributed by atoms with Crippen LogP contribution in [-0.4, -0.2) is 131 Å². The number of carboxylic acid groups (broad SMARTS) is 2. The summed E-state index contributed by atoms with van der Waals surface area (Å²) in [5, 5.41) is 40.8. The number of aliphatic carboxylic acids is 2. The Bertz CT molecular complexity index is 1100. The number of hydrogen-bond donors (Lipinski definition) is 10. The number of amides is 5. The molecule has 0 aromatic carbocycles. The number of aliphatic imine (C=N–C) groups is 1. The fourth-order valence-corrected chi connectivity index (χ4v) is 4.51. The fourth-order valence-electron chi connectivity index (χ4n) is 4.51. The summed E-state index contributed by atoms with van der Waals surface area (Å²) in [7, 11) is 0. The van der Waals surface area contributed by atoms with Gasteiger partial charge in [0.25, 0.3) is 0 Å². The van der Waals surface area contributed by atoms with E-state index in [4.69, 9.17) is 11.5 Å². The quantitative estimate of drug-likeness (QED) is 0.0321. The van der Waals surface area contributed by atoms with Gasteiger partial charge in [-0.05, 0) is 39.2 Å². The molecule has 1 rings (SSSR count). The van der Waals surface area contributed by atoms with Crippen LogP contribution in [0, 0.1) is 0 Å². The van der Waals surface area contributed by atoms with E-state index in [0.717, 1.165) is 17.7 Å². The highest BCUT2D eigenvalue weighted by Crippen LogP contribution is 2.22. The molecule has 12 N–H and O–H groups in total. The summed E-state index contributed by atoms with van der Waals surface area (Å²) >= 11 is 0. The molecule has 5 atom stereocenters. The SMILES string of the molecule is CCCCNCC(=O)NCC(=O)N[C@@H](CC(=O)O)C(=O)NC1CC(C)N([C@@H](CO)C(=O)NC(CCCN=C(N)N)C(=O)O)C1=O. The Hall–Kier alpha value is -4.52. The van der Waals surface area contributed by atoms with Crippen molar-refractivity contribution in [2.75, 3.05) is 32.8 Å². The molecular formula is C26H45N9O10. The molecule has 1 heterocycles. The maximum Gasteiger partial charge on any atom is 0.326 e. The van der Waals surface area contributed by atoms with Crippen LogP contribution < -0.4 is 38.1 Å². The first kappa shape index (κ1) is 38.5. The van der Waals surface area contributed by atoms with Gasteiger partial charge in [0, 0.05) is 12.6 Å². The Morgan fingerprint density at radius 2 is 1.69 bits per heavy atom. The normalized spacial score (nSPS) is 17.8. The van der Waals surface area contributed by atoms with Crippen LogP contribution in [-0.2, 0) is 33.6 Å². The van der Waals surface area contributed by atoms with E-state index in [9.17, 15) is 48.9 Å². The van der Waals surface area contributed by atoms with Gasteiger partial charge in [0.1, 0.15) is 24.2 Å². The number of carboxylic acids is 2. The maximum atomic E-state index is 13.2. The third-order valence-corrected chi connectivity index (χ3v) is 6.76. The molecule has 1 aliphatic heterocycles. The number of nitrogens with one attached hydrogen (secondary N) is 5. The fraction of sp³-hybridized carbons (Fsp3) is 0.692. The van der Waals surface area contributed by atoms with Gasteiger partial charge in [0.05, 0.1) is 26.1 Å². The number of nitrogens with two attached hydrogens (primary N) is 2. The maximum absolute atomic E-state index is 13.2. The van der Waals surface area contributed by atoms with E-state index in [1.807, 2.05) is 6.92 Å². The molecule has 0 aliphatic carbocycles. The van der Waals surface area contributed by atoms with Crippen LogP contribution >= 0.6 is 0 Å². The molecule has 1 fully saturated rings. The molecule has 19 nitrogen and oxygen atoms in total. The second-order valence-electron chi connectivity index (χ2n) is 10.5. The van der Waals surface area contributed by atoms with Gasteiger partial charge in [-0.25, -0.2) is 4.79 Å². The van der Waals surface area contributed by atoms with Gasteiger partial charge in [0.2, 0.25) is 29.5 Å². The molecule has 5 amide bonds. The molecule has 254 valence electrons. The first-order chi connectivity index (χ1) is 21.2. The lowest BCUT2D eigenvalue weighted by molar-refractivity contribution is -0.146. The zero-order chi connectivity index (χ0) is 34.1. The summed E-state index contributed by atoms with van der Waals surface area (Å²) in [6, 6.07) is -6.41. The van der Waals surface area contributed by atoms with Crippen LogP contribution in [0.25, 0.3) is 0 Å². The van der Waals surface area contributed by atoms with E-state index < -0.39 is 91.3 Å². The predicted molar refractivity (Wildman–Crippen MR) is 158 cm³/mol. The topological polar surface area (TPSA) is 308 Å². The summed E-state index contributed by atoms with van der Waals surface area (Å²) in [4.78, 5) is 91.2. The number of carbonyl (C=O) groups excluding carboxylic acids is 5. The van der Waals surface area contributed by atoms with Crippen LogP contribution in [0.4, 0.5) is 0 Å². The number of aliphatic hydroxyl groups is 1. The number of unbranched alkanes of at least 4 members (excludes halogenated alkanes) is 1. The Morgan fingerprint density at radius 1 is 1.00 bits per heavy atom. The minimum atomic E-state index is -1.60. The highest BCUT2D eigenvalue weighted by atomic mass is 16.4. The smallest absolute Gasteiger partial charge is 0.326 e. The van der Waals surface area contributed by atoms with Crippen molar-refractivity contribution >= 4 is 47.4 Å². The molecule has 0 radical (unpaired) electrons. The number of guanidine groups is 1. The third kappa shape index (κ3) is 13.8. The number of nitrogens with zero attached hydrogens (tertiary/aromatic N) is 2. The van der Waals surface area contributed by atoms with Gasteiger partial charge in [0.15, 0.2) is 5.96 Å². The Kier molecular flexibility index (Phi) is 16.9. The molecule has 1 saturated heterocycles. The van der Waals surface area contributed by atoms with E-state index in [-0.39, 0.29) is 38.3 Å². The van der Waals surface area contributed by atoms with Gasteiger partial charge in [-0.2, -0.15) is 0 Å². The minimum absolute atomic E-state index is 0.0337. The molecule has 0 saturated carbocycles. The lowest BCUT2D eigenvalue weighted by Crippen LogP contribution is -2.57. The standard InChI is InChI=1S/C26H45N9O10/c1-3-4-7-29-11-19(37)31-12-20(38)32-16(10-21(39)40)22(41)34-17-9-14(2)35(24(17)43)18(13-36)23(42)33-15(25(44)45)6-5-8-30-26(27)28/h14-18,29,36H,3-13H2,1-2H3,(H,31,37)(H,32,38)(H,33,42)(H,34,41)(H,39,40)(H,44,45)(H4,27,28,30)/t14?,15?,16-,17?,18-/m0/s1. The van der Waals surface area contributed by atoms with Crippen LogP contribution in [0.5, 0.6) is 0 Å². The third-order valence-electron chi connectivity index (χ3n) is 6.76. The summed E-state index contributed by atoms with van der Waals surface area (Å²) in [6.45, 7) is 2.84. The summed E-state index contributed by atoms with van der Waals surface area (Å²) < 4.78 is 0. The van der Waals surface area contributed by atoms with Crippen molar-refractivity contribution < 1.29 is 48.9 Å². The molecule has 3 unspecified atom stereocenters. The van der Waals surface area contributed by atoms with E-state index in [2.05, 4.69) is 31.6 Å². The zero-order valence-electron chi connectivity index (χ0n) is 25.4. The van der Waals surface area contributed by atoms with Gasteiger partial charge in [-0.15, -0.1) is 0 Å². The molecule has 1 aliphatic rings. The van der Waals surface area contributed by atoms with E-state index in [1.54, 1.807) is 6.92 Å². The Morgan fingerprint density at radius 3 is 2.27 bits per heavy atom. The molecule has 0 aromatic heterocycles. The monoisotopic (exact) mass is 643 g/mol. The van der Waals surface area contributed by atoms with Crippen molar-refractivity contribution in [2.45, 2.75) is 82.6 Å². The van der Waals surface area contributed by atoms with E-state index >= 15 is 0 Å². The molecule has 0 aromatic rings. The Balaban J connectivity index is 2.84. The lowest BCUT2D eigenvalue weighted by Gasteiger charge is -2.30. The van der Waals surface area contributed by atoms with Crippen molar-refractivity contribution in [3.05, 3.63) is 0 Å². The first-order valence-corrected chi connectivity index (χ1v) is 14.5. The molecule has 0 bridgehead atoms. The minimum Gasteiger partial charge on any atom is -0.481 e. The van der Waals surface area contributed by atoms with Crippen LogP contribution in [0.15, 0.2) is 4.99 Å². The number of likely N-dealkylation sites (tertiary alicyclic amines) is 1. The van der Waals surface area contributed by atoms with Crippen molar-refractivity contribution in [1.82, 2.24) is 31.5 Å².